The largest absolute Gasteiger partial charge is 0.340 e. The number of benzene rings is 1. The summed E-state index contributed by atoms with van der Waals surface area (Å²) < 4.78 is 0. The van der Waals surface area contributed by atoms with Gasteiger partial charge in [-0.25, -0.2) is 4.98 Å². The Kier molecular flexibility index (Phi) is 6.85. The second-order valence-corrected chi connectivity index (χ2v) is 9.65. The van der Waals surface area contributed by atoms with Crippen LogP contribution in [0.5, 0.6) is 0 Å². The molecule has 6 nitrogen and oxygen atoms in total. The molecule has 2 N–H and O–H groups in total. The summed E-state index contributed by atoms with van der Waals surface area (Å²) in [7, 11) is 0. The highest BCUT2D eigenvalue weighted by molar-refractivity contribution is 7.14. The maximum atomic E-state index is 12.9. The molecule has 0 radical (unpaired) electrons. The van der Waals surface area contributed by atoms with Crippen molar-refractivity contribution < 1.29 is 9.59 Å². The maximum Gasteiger partial charge on any atom is 0.251 e. The molecule has 0 bridgehead atoms. The van der Waals surface area contributed by atoms with Gasteiger partial charge < -0.3 is 10.6 Å². The van der Waals surface area contributed by atoms with Crippen molar-refractivity contribution >= 4 is 28.3 Å². The monoisotopic (exact) mass is 436 g/mol. The smallest absolute Gasteiger partial charge is 0.251 e. The van der Waals surface area contributed by atoms with Gasteiger partial charge in [-0.05, 0) is 41.2 Å². The molecule has 0 aliphatic rings. The molecule has 3 aromatic rings. The van der Waals surface area contributed by atoms with Gasteiger partial charge in [0, 0.05) is 28.9 Å². The van der Waals surface area contributed by atoms with Crippen LogP contribution in [-0.2, 0) is 10.2 Å². The minimum atomic E-state index is -0.680. The lowest BCUT2D eigenvalue weighted by Crippen LogP contribution is -2.47. The van der Waals surface area contributed by atoms with Crippen LogP contribution < -0.4 is 10.6 Å². The van der Waals surface area contributed by atoms with Gasteiger partial charge in [0.1, 0.15) is 6.04 Å². The molecule has 3 rings (SSSR count). The molecule has 0 aliphatic heterocycles. The standard InChI is InChI=1S/C24H28N4O2S/c1-15(2)20(27-21(29)16-8-10-18(11-9-16)24(3,4)5)22(30)28-23-26-19(14-31-23)17-7-6-12-25-13-17/h6-15,20H,1-5H3,(H,27,29)(H,26,28,30)/t20-/m0/s1. The van der Waals surface area contributed by atoms with Crippen LogP contribution in [0.1, 0.15) is 50.5 Å². The number of thiazole rings is 1. The second-order valence-electron chi connectivity index (χ2n) is 8.79. The number of pyridine rings is 1. The Labute approximate surface area is 187 Å². The van der Waals surface area contributed by atoms with Gasteiger partial charge in [0.2, 0.25) is 5.91 Å². The van der Waals surface area contributed by atoms with Crippen LogP contribution in [0.4, 0.5) is 5.13 Å². The van der Waals surface area contributed by atoms with Crippen molar-refractivity contribution in [2.24, 2.45) is 5.92 Å². The van der Waals surface area contributed by atoms with E-state index in [-0.39, 0.29) is 23.1 Å². The lowest BCUT2D eigenvalue weighted by Gasteiger charge is -2.22. The Morgan fingerprint density at radius 3 is 2.35 bits per heavy atom. The number of amides is 2. The third-order valence-corrected chi connectivity index (χ3v) is 5.70. The van der Waals surface area contributed by atoms with Gasteiger partial charge in [0.15, 0.2) is 5.13 Å². The van der Waals surface area contributed by atoms with Crippen molar-refractivity contribution in [1.29, 1.82) is 0 Å². The first-order valence-corrected chi connectivity index (χ1v) is 11.1. The zero-order valence-corrected chi connectivity index (χ0v) is 19.3. The molecule has 1 atom stereocenters. The molecular formula is C24H28N4O2S. The van der Waals surface area contributed by atoms with E-state index in [0.717, 1.165) is 16.8 Å². The Bertz CT molecular complexity index is 1040. The van der Waals surface area contributed by atoms with Crippen LogP contribution in [-0.4, -0.2) is 27.8 Å². The molecule has 162 valence electrons. The van der Waals surface area contributed by atoms with Crippen molar-refractivity contribution in [2.45, 2.75) is 46.1 Å². The highest BCUT2D eigenvalue weighted by Gasteiger charge is 2.26. The average molecular weight is 437 g/mol. The van der Waals surface area contributed by atoms with Gasteiger partial charge in [-0.1, -0.05) is 46.8 Å². The molecule has 31 heavy (non-hydrogen) atoms. The fraction of sp³-hybridized carbons (Fsp3) is 0.333. The molecule has 0 fully saturated rings. The van der Waals surface area contributed by atoms with Crippen LogP contribution in [0, 0.1) is 5.92 Å². The van der Waals surface area contributed by atoms with Crippen LogP contribution >= 0.6 is 11.3 Å². The van der Waals surface area contributed by atoms with E-state index < -0.39 is 6.04 Å². The Morgan fingerprint density at radius 2 is 1.77 bits per heavy atom. The molecule has 0 unspecified atom stereocenters. The first-order chi connectivity index (χ1) is 14.6. The number of carbonyl (C=O) groups is 2. The number of rotatable bonds is 6. The van der Waals surface area contributed by atoms with E-state index in [1.165, 1.54) is 11.3 Å². The SMILES string of the molecule is CC(C)[C@H](NC(=O)c1ccc(C(C)(C)C)cc1)C(=O)Nc1nc(-c2cccnc2)cs1. The van der Waals surface area contributed by atoms with Crippen LogP contribution in [0.25, 0.3) is 11.3 Å². The van der Waals surface area contributed by atoms with E-state index in [4.69, 9.17) is 0 Å². The fourth-order valence-corrected chi connectivity index (χ4v) is 3.76. The average Bonchev–Trinajstić information content (AvgIpc) is 3.20. The van der Waals surface area contributed by atoms with E-state index in [2.05, 4.69) is 41.4 Å². The molecule has 2 heterocycles. The number of nitrogens with one attached hydrogen (secondary N) is 2. The van der Waals surface area contributed by atoms with E-state index in [0.29, 0.717) is 10.7 Å². The summed E-state index contributed by atoms with van der Waals surface area (Å²) in [5, 5.41) is 8.05. The first kappa shape index (κ1) is 22.6. The van der Waals surface area contributed by atoms with Crippen molar-refractivity contribution in [3.8, 4) is 11.3 Å². The highest BCUT2D eigenvalue weighted by atomic mass is 32.1. The van der Waals surface area contributed by atoms with Crippen LogP contribution in [0.15, 0.2) is 54.2 Å². The number of carbonyl (C=O) groups excluding carboxylic acids is 2. The number of nitrogens with zero attached hydrogens (tertiary/aromatic N) is 2. The topological polar surface area (TPSA) is 84.0 Å². The molecule has 0 saturated heterocycles. The van der Waals surface area contributed by atoms with Gasteiger partial charge in [-0.3, -0.25) is 14.6 Å². The van der Waals surface area contributed by atoms with Crippen LogP contribution in [0.2, 0.25) is 0 Å². The Morgan fingerprint density at radius 1 is 1.06 bits per heavy atom. The summed E-state index contributed by atoms with van der Waals surface area (Å²) in [6, 6.07) is 10.6. The zero-order chi connectivity index (χ0) is 22.6. The lowest BCUT2D eigenvalue weighted by molar-refractivity contribution is -0.118. The van der Waals surface area contributed by atoms with E-state index in [1.807, 2.05) is 43.5 Å². The Hall–Kier alpha value is -3.06. The molecule has 0 saturated carbocycles. The van der Waals surface area contributed by atoms with Crippen molar-refractivity contribution in [3.05, 3.63) is 65.3 Å². The van der Waals surface area contributed by atoms with Gasteiger partial charge in [0.05, 0.1) is 5.69 Å². The number of aromatic nitrogens is 2. The zero-order valence-electron chi connectivity index (χ0n) is 18.5. The summed E-state index contributed by atoms with van der Waals surface area (Å²) in [5.41, 5.74) is 3.32. The van der Waals surface area contributed by atoms with E-state index in [9.17, 15) is 9.59 Å². The number of hydrogen-bond acceptors (Lipinski definition) is 5. The van der Waals surface area contributed by atoms with Crippen molar-refractivity contribution in [3.63, 3.8) is 0 Å². The number of hydrogen-bond donors (Lipinski definition) is 2. The Balaban J connectivity index is 1.68. The summed E-state index contributed by atoms with van der Waals surface area (Å²) in [6.07, 6.45) is 3.42. The highest BCUT2D eigenvalue weighted by Crippen LogP contribution is 2.25. The normalized spacial score (nSPS) is 12.5. The van der Waals surface area contributed by atoms with Crippen LogP contribution in [0.3, 0.4) is 0 Å². The second kappa shape index (κ2) is 9.39. The van der Waals surface area contributed by atoms with Crippen molar-refractivity contribution in [2.75, 3.05) is 5.32 Å². The third-order valence-electron chi connectivity index (χ3n) is 4.94. The van der Waals surface area contributed by atoms with Gasteiger partial charge in [-0.15, -0.1) is 11.3 Å². The summed E-state index contributed by atoms with van der Waals surface area (Å²) in [6.45, 7) is 10.2. The third kappa shape index (κ3) is 5.76. The summed E-state index contributed by atoms with van der Waals surface area (Å²) in [4.78, 5) is 34.2. The lowest BCUT2D eigenvalue weighted by atomic mass is 9.86. The van der Waals surface area contributed by atoms with Gasteiger partial charge >= 0.3 is 0 Å². The van der Waals surface area contributed by atoms with E-state index >= 15 is 0 Å². The fourth-order valence-electron chi connectivity index (χ4n) is 3.04. The van der Waals surface area contributed by atoms with Gasteiger partial charge in [-0.2, -0.15) is 0 Å². The van der Waals surface area contributed by atoms with Crippen molar-refractivity contribution in [1.82, 2.24) is 15.3 Å². The first-order valence-electron chi connectivity index (χ1n) is 10.2. The van der Waals surface area contributed by atoms with Gasteiger partial charge in [0.25, 0.3) is 5.91 Å². The quantitative estimate of drug-likeness (QED) is 0.576. The molecule has 1 aromatic carbocycles. The molecule has 2 aromatic heterocycles. The molecule has 7 heteroatoms. The minimum Gasteiger partial charge on any atom is -0.340 e. The predicted molar refractivity (Wildman–Crippen MR) is 125 cm³/mol. The number of anilines is 1. The van der Waals surface area contributed by atoms with E-state index in [1.54, 1.807) is 24.5 Å². The summed E-state index contributed by atoms with van der Waals surface area (Å²) >= 11 is 1.34. The molecule has 2 amide bonds. The maximum absolute atomic E-state index is 12.9. The minimum absolute atomic E-state index is 0.0116. The summed E-state index contributed by atoms with van der Waals surface area (Å²) in [5.74, 6) is -0.651. The molecule has 0 spiro atoms. The molecular weight excluding hydrogens is 408 g/mol. The predicted octanol–water partition coefficient (Wildman–Crippen LogP) is 4.90. The molecule has 0 aliphatic carbocycles.